The van der Waals surface area contributed by atoms with Crippen LogP contribution in [0.5, 0.6) is 0 Å². The summed E-state index contributed by atoms with van der Waals surface area (Å²) in [6.07, 6.45) is 4.32. The van der Waals surface area contributed by atoms with Gasteiger partial charge in [-0.1, -0.05) is 18.6 Å². The third-order valence-electron chi connectivity index (χ3n) is 4.23. The summed E-state index contributed by atoms with van der Waals surface area (Å²) < 4.78 is 0. The fraction of sp³-hybridized carbons (Fsp3) is 0.571. The Balaban J connectivity index is 1.73. The first-order chi connectivity index (χ1) is 7.69. The number of nitrogens with zero attached hydrogens (tertiary/aromatic N) is 1. The molecule has 1 aliphatic carbocycles. The van der Waals surface area contributed by atoms with Crippen LogP contribution in [0.25, 0.3) is 0 Å². The molecular formula is C14H20N2. The van der Waals surface area contributed by atoms with Crippen molar-refractivity contribution in [2.24, 2.45) is 11.1 Å². The fourth-order valence-corrected chi connectivity index (χ4v) is 2.94. The minimum Gasteiger partial charge on any atom is -0.370 e. The highest BCUT2D eigenvalue weighted by Crippen LogP contribution is 2.49. The zero-order valence-corrected chi connectivity index (χ0v) is 9.95. The van der Waals surface area contributed by atoms with E-state index in [0.29, 0.717) is 5.41 Å². The molecule has 2 nitrogen and oxygen atoms in total. The van der Waals surface area contributed by atoms with Crippen molar-refractivity contribution >= 4 is 5.69 Å². The van der Waals surface area contributed by atoms with Crippen LogP contribution in [0, 0.1) is 5.41 Å². The number of rotatable bonds is 2. The first-order valence-corrected chi connectivity index (χ1v) is 6.29. The van der Waals surface area contributed by atoms with Gasteiger partial charge in [-0.2, -0.15) is 0 Å². The standard InChI is InChI=1S/C14H20N2/c1-11(15)12-4-2-5-13(8-12)16-9-14(10-16)6-3-7-14/h2,4-5,8,11H,3,6-7,9-10,15H2,1H3. The monoisotopic (exact) mass is 216 g/mol. The zero-order valence-electron chi connectivity index (χ0n) is 9.95. The van der Waals surface area contributed by atoms with Gasteiger partial charge >= 0.3 is 0 Å². The number of hydrogen-bond acceptors (Lipinski definition) is 2. The third kappa shape index (κ3) is 1.52. The van der Waals surface area contributed by atoms with Crippen molar-refractivity contribution in [3.8, 4) is 0 Å². The van der Waals surface area contributed by atoms with Crippen molar-refractivity contribution in [3.63, 3.8) is 0 Å². The lowest BCUT2D eigenvalue weighted by molar-refractivity contribution is 0.0904. The van der Waals surface area contributed by atoms with Gasteiger partial charge in [0.2, 0.25) is 0 Å². The molecule has 1 aliphatic heterocycles. The summed E-state index contributed by atoms with van der Waals surface area (Å²) in [6.45, 7) is 4.56. The summed E-state index contributed by atoms with van der Waals surface area (Å²) in [6, 6.07) is 8.83. The Morgan fingerprint density at radius 3 is 2.62 bits per heavy atom. The molecule has 0 amide bonds. The van der Waals surface area contributed by atoms with Crippen molar-refractivity contribution in [1.29, 1.82) is 0 Å². The van der Waals surface area contributed by atoms with Crippen LogP contribution in [0.2, 0.25) is 0 Å². The number of benzene rings is 1. The molecule has 2 heteroatoms. The summed E-state index contributed by atoms with van der Waals surface area (Å²) in [5.41, 5.74) is 9.21. The van der Waals surface area contributed by atoms with Crippen LogP contribution in [0.3, 0.4) is 0 Å². The second kappa shape index (κ2) is 3.49. The second-order valence-corrected chi connectivity index (χ2v) is 5.59. The van der Waals surface area contributed by atoms with Crippen LogP contribution < -0.4 is 10.6 Å². The smallest absolute Gasteiger partial charge is 0.0369 e. The van der Waals surface area contributed by atoms with Gasteiger partial charge in [-0.3, -0.25) is 0 Å². The Morgan fingerprint density at radius 1 is 1.31 bits per heavy atom. The van der Waals surface area contributed by atoms with E-state index in [4.69, 9.17) is 5.73 Å². The topological polar surface area (TPSA) is 29.3 Å². The Kier molecular flexibility index (Phi) is 2.21. The number of hydrogen-bond donors (Lipinski definition) is 1. The van der Waals surface area contributed by atoms with Gasteiger partial charge in [0.25, 0.3) is 0 Å². The minimum atomic E-state index is 0.138. The maximum atomic E-state index is 5.91. The van der Waals surface area contributed by atoms with Crippen molar-refractivity contribution < 1.29 is 0 Å². The molecule has 1 aromatic carbocycles. The molecule has 0 bridgehead atoms. The van der Waals surface area contributed by atoms with Crippen LogP contribution in [-0.2, 0) is 0 Å². The summed E-state index contributed by atoms with van der Waals surface area (Å²) in [4.78, 5) is 2.49. The molecule has 3 rings (SSSR count). The van der Waals surface area contributed by atoms with E-state index in [1.807, 2.05) is 6.92 Å². The van der Waals surface area contributed by atoms with Crippen LogP contribution >= 0.6 is 0 Å². The maximum Gasteiger partial charge on any atom is 0.0369 e. The molecule has 1 spiro atoms. The molecule has 1 aromatic rings. The molecule has 1 saturated heterocycles. The van der Waals surface area contributed by atoms with E-state index >= 15 is 0 Å². The predicted octanol–water partition coefficient (Wildman–Crippen LogP) is 2.70. The molecule has 2 fully saturated rings. The SMILES string of the molecule is CC(N)c1cccc(N2CC3(CCC3)C2)c1. The predicted molar refractivity (Wildman–Crippen MR) is 67.5 cm³/mol. The molecule has 16 heavy (non-hydrogen) atoms. The summed E-state index contributed by atoms with van der Waals surface area (Å²) in [5.74, 6) is 0. The molecule has 86 valence electrons. The average Bonchev–Trinajstić information content (AvgIpc) is 2.14. The molecule has 1 atom stereocenters. The third-order valence-corrected chi connectivity index (χ3v) is 4.23. The van der Waals surface area contributed by atoms with Gasteiger partial charge in [0.05, 0.1) is 0 Å². The highest BCUT2D eigenvalue weighted by molar-refractivity contribution is 5.52. The van der Waals surface area contributed by atoms with Gasteiger partial charge in [-0.05, 0) is 37.5 Å². The van der Waals surface area contributed by atoms with E-state index in [2.05, 4.69) is 29.2 Å². The molecule has 0 aromatic heterocycles. The van der Waals surface area contributed by atoms with Crippen LogP contribution in [0.15, 0.2) is 24.3 Å². The van der Waals surface area contributed by atoms with Gasteiger partial charge in [0.15, 0.2) is 0 Å². The fourth-order valence-electron chi connectivity index (χ4n) is 2.94. The van der Waals surface area contributed by atoms with Gasteiger partial charge in [0, 0.05) is 30.2 Å². The number of nitrogens with two attached hydrogens (primary N) is 1. The van der Waals surface area contributed by atoms with E-state index in [1.165, 1.54) is 43.6 Å². The van der Waals surface area contributed by atoms with Crippen molar-refractivity contribution in [1.82, 2.24) is 0 Å². The van der Waals surface area contributed by atoms with Gasteiger partial charge in [-0.25, -0.2) is 0 Å². The Hall–Kier alpha value is -1.02. The summed E-state index contributed by atoms with van der Waals surface area (Å²) in [7, 11) is 0. The second-order valence-electron chi connectivity index (χ2n) is 5.59. The lowest BCUT2D eigenvalue weighted by Crippen LogP contribution is -2.59. The van der Waals surface area contributed by atoms with Crippen LogP contribution in [0.1, 0.15) is 37.8 Å². The maximum absolute atomic E-state index is 5.91. The lowest BCUT2D eigenvalue weighted by Gasteiger charge is -2.57. The van der Waals surface area contributed by atoms with Gasteiger partial charge in [-0.15, -0.1) is 0 Å². The largest absolute Gasteiger partial charge is 0.370 e. The summed E-state index contributed by atoms with van der Waals surface area (Å²) in [5, 5.41) is 0. The first kappa shape index (κ1) is 10.2. The van der Waals surface area contributed by atoms with Crippen LogP contribution in [-0.4, -0.2) is 13.1 Å². The average molecular weight is 216 g/mol. The highest BCUT2D eigenvalue weighted by Gasteiger charge is 2.47. The minimum absolute atomic E-state index is 0.138. The van der Waals surface area contributed by atoms with E-state index in [-0.39, 0.29) is 6.04 Å². The normalized spacial score (nSPS) is 23.8. The first-order valence-electron chi connectivity index (χ1n) is 6.29. The molecule has 2 aliphatic rings. The zero-order chi connectivity index (χ0) is 11.2. The van der Waals surface area contributed by atoms with E-state index in [0.717, 1.165) is 0 Å². The molecule has 2 N–H and O–H groups in total. The lowest BCUT2D eigenvalue weighted by atomic mass is 9.63. The molecule has 0 radical (unpaired) electrons. The quantitative estimate of drug-likeness (QED) is 0.823. The van der Waals surface area contributed by atoms with E-state index < -0.39 is 0 Å². The van der Waals surface area contributed by atoms with Crippen LogP contribution in [0.4, 0.5) is 5.69 Å². The molecule has 1 saturated carbocycles. The summed E-state index contributed by atoms with van der Waals surface area (Å²) >= 11 is 0. The van der Waals surface area contributed by atoms with Crippen molar-refractivity contribution in [2.45, 2.75) is 32.2 Å². The van der Waals surface area contributed by atoms with E-state index in [9.17, 15) is 0 Å². The molecule has 1 unspecified atom stereocenters. The highest BCUT2D eigenvalue weighted by atomic mass is 15.2. The Morgan fingerprint density at radius 2 is 2.06 bits per heavy atom. The Bertz CT molecular complexity index is 385. The van der Waals surface area contributed by atoms with Crippen molar-refractivity contribution in [2.75, 3.05) is 18.0 Å². The number of anilines is 1. The van der Waals surface area contributed by atoms with Crippen molar-refractivity contribution in [3.05, 3.63) is 29.8 Å². The van der Waals surface area contributed by atoms with Gasteiger partial charge < -0.3 is 10.6 Å². The molecule has 1 heterocycles. The Labute approximate surface area is 97.4 Å². The van der Waals surface area contributed by atoms with Gasteiger partial charge in [0.1, 0.15) is 0 Å². The van der Waals surface area contributed by atoms with E-state index in [1.54, 1.807) is 0 Å². The molecular weight excluding hydrogens is 196 g/mol.